The highest BCUT2D eigenvalue weighted by Gasteiger charge is 2.58. The SMILES string of the molecule is CNCC(OC(C(F)(F)F)C(F)(F)F)c1ccc(F)cc1. The van der Waals surface area contributed by atoms with Crippen molar-refractivity contribution in [3.8, 4) is 0 Å². The van der Waals surface area contributed by atoms with Gasteiger partial charge in [-0.2, -0.15) is 26.3 Å². The second-order valence-electron chi connectivity index (χ2n) is 4.20. The summed E-state index contributed by atoms with van der Waals surface area (Å²) in [5.41, 5.74) is 0.00394. The van der Waals surface area contributed by atoms with E-state index in [9.17, 15) is 30.7 Å². The van der Waals surface area contributed by atoms with Crippen LogP contribution in [0.5, 0.6) is 0 Å². The zero-order chi connectivity index (χ0) is 16.3. The van der Waals surface area contributed by atoms with E-state index in [2.05, 4.69) is 10.1 Å². The first kappa shape index (κ1) is 17.7. The zero-order valence-corrected chi connectivity index (χ0v) is 10.7. The quantitative estimate of drug-likeness (QED) is 0.838. The number of hydrogen-bond donors (Lipinski definition) is 1. The predicted molar refractivity (Wildman–Crippen MR) is 60.1 cm³/mol. The molecule has 1 unspecified atom stereocenters. The molecule has 0 fully saturated rings. The fourth-order valence-corrected chi connectivity index (χ4v) is 1.61. The average molecular weight is 319 g/mol. The fourth-order valence-electron chi connectivity index (χ4n) is 1.61. The Kier molecular flexibility index (Phi) is 5.57. The molecule has 1 aromatic carbocycles. The van der Waals surface area contributed by atoms with Gasteiger partial charge in [0.05, 0.1) is 6.10 Å². The summed E-state index contributed by atoms with van der Waals surface area (Å²) in [5.74, 6) is -0.662. The maximum absolute atomic E-state index is 12.8. The van der Waals surface area contributed by atoms with E-state index in [0.717, 1.165) is 24.3 Å². The molecular formula is C12H12F7NO. The van der Waals surface area contributed by atoms with Gasteiger partial charge in [0.25, 0.3) is 0 Å². The second-order valence-corrected chi connectivity index (χ2v) is 4.20. The topological polar surface area (TPSA) is 21.3 Å². The van der Waals surface area contributed by atoms with Crippen molar-refractivity contribution in [2.75, 3.05) is 13.6 Å². The van der Waals surface area contributed by atoms with Crippen molar-refractivity contribution in [1.82, 2.24) is 5.32 Å². The summed E-state index contributed by atoms with van der Waals surface area (Å²) in [5, 5.41) is 2.44. The van der Waals surface area contributed by atoms with Crippen LogP contribution in [0.2, 0.25) is 0 Å². The molecule has 0 heterocycles. The summed E-state index contributed by atoms with van der Waals surface area (Å²) in [7, 11) is 1.34. The van der Waals surface area contributed by atoms with Gasteiger partial charge in [0, 0.05) is 6.54 Å². The Morgan fingerprint density at radius 1 is 1.00 bits per heavy atom. The third-order valence-corrected chi connectivity index (χ3v) is 2.53. The third-order valence-electron chi connectivity index (χ3n) is 2.53. The Bertz CT molecular complexity index is 426. The molecule has 1 aromatic rings. The standard InChI is InChI=1S/C12H12F7NO/c1-20-6-9(7-2-4-8(13)5-3-7)21-10(11(14,15)16)12(17,18)19/h2-5,9-10,20H,6H2,1H3. The number of hydrogen-bond acceptors (Lipinski definition) is 2. The van der Waals surface area contributed by atoms with E-state index < -0.39 is 30.4 Å². The number of nitrogens with one attached hydrogen (secondary N) is 1. The van der Waals surface area contributed by atoms with Crippen LogP contribution >= 0.6 is 0 Å². The first-order chi connectivity index (χ1) is 9.55. The molecule has 0 saturated carbocycles. The molecule has 2 nitrogen and oxygen atoms in total. The molecule has 1 atom stereocenters. The van der Waals surface area contributed by atoms with Gasteiger partial charge in [-0.3, -0.25) is 0 Å². The lowest BCUT2D eigenvalue weighted by Gasteiger charge is -2.28. The molecule has 21 heavy (non-hydrogen) atoms. The van der Waals surface area contributed by atoms with Crippen LogP contribution in [0.4, 0.5) is 30.7 Å². The van der Waals surface area contributed by atoms with Crippen molar-refractivity contribution >= 4 is 0 Å². The lowest BCUT2D eigenvalue weighted by Crippen LogP contribution is -2.46. The zero-order valence-electron chi connectivity index (χ0n) is 10.7. The van der Waals surface area contributed by atoms with Gasteiger partial charge in [0.15, 0.2) is 0 Å². The molecule has 0 bridgehead atoms. The third kappa shape index (κ3) is 5.16. The number of likely N-dealkylation sites (N-methyl/N-ethyl adjacent to an activating group) is 1. The van der Waals surface area contributed by atoms with Crippen LogP contribution in [-0.4, -0.2) is 32.0 Å². The van der Waals surface area contributed by atoms with Crippen LogP contribution in [0, 0.1) is 5.82 Å². The number of alkyl halides is 6. The molecule has 0 aliphatic heterocycles. The summed E-state index contributed by atoms with van der Waals surface area (Å²) >= 11 is 0. The number of halogens is 7. The highest BCUT2D eigenvalue weighted by Crippen LogP contribution is 2.38. The average Bonchev–Trinajstić information content (AvgIpc) is 2.32. The van der Waals surface area contributed by atoms with Crippen LogP contribution in [0.15, 0.2) is 24.3 Å². The van der Waals surface area contributed by atoms with Crippen LogP contribution in [0.1, 0.15) is 11.7 Å². The molecule has 0 spiro atoms. The monoisotopic (exact) mass is 319 g/mol. The minimum atomic E-state index is -5.59. The highest BCUT2D eigenvalue weighted by atomic mass is 19.4. The van der Waals surface area contributed by atoms with Gasteiger partial charge in [0.1, 0.15) is 5.82 Å². The van der Waals surface area contributed by atoms with Crippen molar-refractivity contribution in [2.45, 2.75) is 24.6 Å². The predicted octanol–water partition coefficient (Wildman–Crippen LogP) is 3.60. The fraction of sp³-hybridized carbons (Fsp3) is 0.500. The van der Waals surface area contributed by atoms with Crippen molar-refractivity contribution < 1.29 is 35.5 Å². The summed E-state index contributed by atoms with van der Waals surface area (Å²) in [6.45, 7) is -0.297. The first-order valence-electron chi connectivity index (χ1n) is 5.74. The molecule has 1 rings (SSSR count). The van der Waals surface area contributed by atoms with Crippen molar-refractivity contribution in [2.24, 2.45) is 0 Å². The first-order valence-corrected chi connectivity index (χ1v) is 5.74. The Morgan fingerprint density at radius 2 is 1.48 bits per heavy atom. The molecule has 120 valence electrons. The lowest BCUT2D eigenvalue weighted by molar-refractivity contribution is -0.331. The van der Waals surface area contributed by atoms with E-state index in [1.54, 1.807) is 0 Å². The largest absolute Gasteiger partial charge is 0.423 e. The van der Waals surface area contributed by atoms with E-state index in [0.29, 0.717) is 0 Å². The summed E-state index contributed by atoms with van der Waals surface area (Å²) in [4.78, 5) is 0. The van der Waals surface area contributed by atoms with E-state index in [4.69, 9.17) is 0 Å². The number of ether oxygens (including phenoxy) is 1. The van der Waals surface area contributed by atoms with Gasteiger partial charge >= 0.3 is 12.4 Å². The summed E-state index contributed by atoms with van der Waals surface area (Å²) in [6, 6.07) is 4.00. The Morgan fingerprint density at radius 3 is 1.86 bits per heavy atom. The highest BCUT2D eigenvalue weighted by molar-refractivity contribution is 5.19. The molecule has 0 amide bonds. The Balaban J connectivity index is 3.02. The van der Waals surface area contributed by atoms with Crippen molar-refractivity contribution in [3.05, 3.63) is 35.6 Å². The molecule has 0 aliphatic rings. The number of benzene rings is 1. The summed E-state index contributed by atoms with van der Waals surface area (Å²) in [6.07, 6.45) is -16.6. The molecule has 9 heteroatoms. The molecule has 0 aliphatic carbocycles. The van der Waals surface area contributed by atoms with Gasteiger partial charge in [-0.15, -0.1) is 0 Å². The Hall–Kier alpha value is -1.35. The minimum Gasteiger partial charge on any atom is -0.351 e. The Labute approximate surface area is 115 Å². The van der Waals surface area contributed by atoms with E-state index in [1.807, 2.05) is 0 Å². The van der Waals surface area contributed by atoms with E-state index in [1.165, 1.54) is 7.05 Å². The van der Waals surface area contributed by atoms with Gasteiger partial charge in [-0.1, -0.05) is 12.1 Å². The molecule has 1 N–H and O–H groups in total. The van der Waals surface area contributed by atoms with Crippen LogP contribution in [-0.2, 0) is 4.74 Å². The summed E-state index contributed by atoms with van der Waals surface area (Å²) < 4.78 is 91.8. The van der Waals surface area contributed by atoms with Crippen LogP contribution in [0.25, 0.3) is 0 Å². The van der Waals surface area contributed by atoms with Crippen molar-refractivity contribution in [1.29, 1.82) is 0 Å². The van der Waals surface area contributed by atoms with Gasteiger partial charge in [-0.05, 0) is 24.7 Å². The molecule has 0 saturated heterocycles. The van der Waals surface area contributed by atoms with Crippen LogP contribution in [0.3, 0.4) is 0 Å². The maximum Gasteiger partial charge on any atom is 0.423 e. The van der Waals surface area contributed by atoms with Crippen molar-refractivity contribution in [3.63, 3.8) is 0 Å². The van der Waals surface area contributed by atoms with Gasteiger partial charge in [0.2, 0.25) is 6.10 Å². The van der Waals surface area contributed by atoms with Gasteiger partial charge in [-0.25, -0.2) is 4.39 Å². The molecule has 0 radical (unpaired) electrons. The maximum atomic E-state index is 12.8. The minimum absolute atomic E-state index is 0.00394. The normalized spacial score (nSPS) is 14.5. The molecular weight excluding hydrogens is 307 g/mol. The lowest BCUT2D eigenvalue weighted by atomic mass is 10.1. The molecule has 0 aromatic heterocycles. The number of rotatable bonds is 5. The smallest absolute Gasteiger partial charge is 0.351 e. The van der Waals surface area contributed by atoms with E-state index in [-0.39, 0.29) is 12.1 Å². The van der Waals surface area contributed by atoms with Crippen LogP contribution < -0.4 is 5.32 Å². The van der Waals surface area contributed by atoms with Gasteiger partial charge < -0.3 is 10.1 Å². The van der Waals surface area contributed by atoms with E-state index >= 15 is 0 Å². The second kappa shape index (κ2) is 6.61.